The Bertz CT molecular complexity index is 4470. The van der Waals surface area contributed by atoms with E-state index in [-0.39, 0.29) is 54.6 Å². The number of rotatable bonds is 33. The van der Waals surface area contributed by atoms with Crippen molar-refractivity contribution in [1.29, 1.82) is 5.26 Å². The summed E-state index contributed by atoms with van der Waals surface area (Å²) in [6.45, 7) is 4.96. The van der Waals surface area contributed by atoms with Gasteiger partial charge in [0.1, 0.15) is 23.9 Å². The molecule has 23 nitrogen and oxygen atoms in total. The maximum absolute atomic E-state index is 12.6. The predicted octanol–water partition coefficient (Wildman–Crippen LogP) is 13.9. The van der Waals surface area contributed by atoms with Gasteiger partial charge in [0.2, 0.25) is 0 Å². The van der Waals surface area contributed by atoms with E-state index in [1.54, 1.807) is 112 Å². The van der Waals surface area contributed by atoms with Crippen molar-refractivity contribution in [3.05, 3.63) is 287 Å². The first kappa shape index (κ1) is 82.0. The monoisotopic (exact) mass is 1460 g/mol. The average molecular weight is 1460 g/mol. The molecule has 9 aromatic rings. The van der Waals surface area contributed by atoms with Crippen LogP contribution >= 0.6 is 0 Å². The number of nitrogens with one attached hydrogen (secondary N) is 6. The maximum atomic E-state index is 12.6. The number of hydrogen-bond acceptors (Lipinski definition) is 17. The zero-order valence-electron chi connectivity index (χ0n) is 61.2. The van der Waals surface area contributed by atoms with Crippen LogP contribution in [0.1, 0.15) is 77.8 Å². The lowest BCUT2D eigenvalue weighted by Gasteiger charge is -2.22. The van der Waals surface area contributed by atoms with Crippen molar-refractivity contribution in [2.24, 2.45) is 0 Å². The summed E-state index contributed by atoms with van der Waals surface area (Å²) >= 11 is 0. The van der Waals surface area contributed by atoms with Gasteiger partial charge in [-0.25, -0.2) is 14.4 Å². The van der Waals surface area contributed by atoms with Crippen LogP contribution in [0.2, 0.25) is 0 Å². The number of allylic oxidation sites excluding steroid dienone is 3. The van der Waals surface area contributed by atoms with Gasteiger partial charge in [0.15, 0.2) is 17.3 Å². The largest absolute Gasteiger partial charge is 0.497 e. The van der Waals surface area contributed by atoms with Gasteiger partial charge in [-0.3, -0.25) is 19.2 Å². The lowest BCUT2D eigenvalue weighted by atomic mass is 10.1. The van der Waals surface area contributed by atoms with E-state index in [4.69, 9.17) is 24.2 Å². The third kappa shape index (κ3) is 28.7. The summed E-state index contributed by atoms with van der Waals surface area (Å²) in [7, 11) is 8.67. The van der Waals surface area contributed by atoms with Gasteiger partial charge in [0.25, 0.3) is 0 Å². The van der Waals surface area contributed by atoms with Crippen LogP contribution in [0.25, 0.3) is 18.2 Å². The number of aliphatic hydroxyl groups excluding tert-OH is 2. The molecule has 0 unspecified atom stereocenters. The number of esters is 1. The number of carbonyl (C=O) groups is 7. The molecule has 0 heterocycles. The first-order valence-electron chi connectivity index (χ1n) is 34.5. The molecular weight excluding hydrogens is 1370 g/mol. The normalized spacial score (nSPS) is 10.6. The molecule has 0 atom stereocenters. The summed E-state index contributed by atoms with van der Waals surface area (Å²) in [5.74, 6) is 1.55. The van der Waals surface area contributed by atoms with Gasteiger partial charge < -0.3 is 75.8 Å². The number of likely N-dealkylation sites (N-methyl/N-ethyl adjacent to an activating group) is 1. The molecule has 0 aliphatic heterocycles. The maximum Gasteiger partial charge on any atom is 0.319 e. The molecule has 0 bridgehead atoms. The molecule has 558 valence electrons. The molecule has 0 spiro atoms. The van der Waals surface area contributed by atoms with Crippen LogP contribution < -0.4 is 60.8 Å². The minimum atomic E-state index is -0.343. The average Bonchev–Trinajstić information content (AvgIpc) is 0.879. The van der Waals surface area contributed by atoms with Crippen LogP contribution in [-0.2, 0) is 29.2 Å². The number of urea groups is 3. The van der Waals surface area contributed by atoms with Gasteiger partial charge in [-0.1, -0.05) is 91.0 Å². The Labute approximate surface area is 629 Å². The summed E-state index contributed by atoms with van der Waals surface area (Å²) in [5.41, 5.74) is 11.7. The minimum absolute atomic E-state index is 0.00116. The lowest BCUT2D eigenvalue weighted by Crippen LogP contribution is -2.29. The highest BCUT2D eigenvalue weighted by Gasteiger charge is 2.12. The van der Waals surface area contributed by atoms with E-state index < -0.39 is 0 Å². The standard InChI is InChI=1S/C29H31N3O5.C28H28N4O3.C28H31N3O5/c1-21(33)37-19-18-32(2)26-13-4-22(5-14-26)8-17-28(34)24-9-11-25(12-10-24)31-29(35)30-20-23-6-15-27(36-3)16-7-23;1-32(19-3-18-29)25-13-4-21(5-14-25)8-17-27(33)23-9-11-24(12-10-23)31-28(34)30-20-22-6-15-26(35-2)16-7-22;1-36-26-13-4-22(5-14-26)20-29-28(35)30-24-9-7-23(8-10-24)27(34)15-6-21-2-11-25(12-3-21)31(16-18-32)17-19-33/h4-17H,18-20H2,1-3H3,(H2,30,31,35);4-17H,3,19-20H2,1-2H3,(H2,30,31,34);2-15,32-33H,16-20H2,1H3,(H2,29,30,35)/b2*17-8+;15-6+. The van der Waals surface area contributed by atoms with E-state index in [1.807, 2.05) is 174 Å². The second-order valence-electron chi connectivity index (χ2n) is 24.1. The number of ketones is 3. The molecule has 0 aromatic heterocycles. The molecule has 0 radical (unpaired) electrons. The second-order valence-corrected chi connectivity index (χ2v) is 24.1. The van der Waals surface area contributed by atoms with Crippen LogP contribution in [-0.4, -0.2) is 133 Å². The number of ether oxygens (including phenoxy) is 4. The number of carbonyl (C=O) groups excluding carboxylic acids is 7. The highest BCUT2D eigenvalue weighted by Crippen LogP contribution is 2.22. The molecule has 23 heteroatoms. The fraction of sp³-hybridized carbons (Fsp3) is 0.200. The van der Waals surface area contributed by atoms with Crippen LogP contribution in [0.3, 0.4) is 0 Å². The fourth-order valence-electron chi connectivity index (χ4n) is 10.2. The highest BCUT2D eigenvalue weighted by molar-refractivity contribution is 6.08. The van der Waals surface area contributed by atoms with E-state index in [0.29, 0.717) is 92.6 Å². The molecule has 0 saturated heterocycles. The number of benzene rings is 9. The Kier molecular flexibility index (Phi) is 33.7. The van der Waals surface area contributed by atoms with E-state index >= 15 is 0 Å². The number of nitriles is 1. The van der Waals surface area contributed by atoms with Crippen molar-refractivity contribution >= 4 is 93.8 Å². The van der Waals surface area contributed by atoms with Crippen LogP contribution in [0.4, 0.5) is 48.5 Å². The van der Waals surface area contributed by atoms with Crippen LogP contribution in [0.5, 0.6) is 17.2 Å². The Balaban J connectivity index is 0.000000226. The number of anilines is 6. The van der Waals surface area contributed by atoms with E-state index in [0.717, 1.165) is 67.7 Å². The topological polar surface area (TPSA) is 303 Å². The number of hydrogen-bond donors (Lipinski definition) is 8. The number of aliphatic hydroxyl groups is 2. The van der Waals surface area contributed by atoms with Crippen molar-refractivity contribution in [2.45, 2.75) is 33.0 Å². The van der Waals surface area contributed by atoms with E-state index in [2.05, 4.69) is 38.0 Å². The molecule has 6 amide bonds. The minimum Gasteiger partial charge on any atom is -0.497 e. The molecular formula is C85H90N10O13. The molecule has 9 rings (SSSR count). The summed E-state index contributed by atoms with van der Waals surface area (Å²) in [6.07, 6.45) is 10.3. The van der Waals surface area contributed by atoms with Crippen molar-refractivity contribution in [3.63, 3.8) is 0 Å². The highest BCUT2D eigenvalue weighted by atomic mass is 16.5. The molecule has 0 aliphatic carbocycles. The molecule has 0 aliphatic rings. The zero-order valence-corrected chi connectivity index (χ0v) is 61.2. The molecule has 108 heavy (non-hydrogen) atoms. The van der Waals surface area contributed by atoms with Gasteiger partial charge in [-0.15, -0.1) is 0 Å². The first-order valence-corrected chi connectivity index (χ1v) is 34.5. The summed E-state index contributed by atoms with van der Waals surface area (Å²) in [5, 5.41) is 43.7. The number of methoxy groups -OCH3 is 3. The Morgan fingerprint density at radius 1 is 0.398 bits per heavy atom. The molecule has 0 saturated carbocycles. The quantitative estimate of drug-likeness (QED) is 0.0108. The second kappa shape index (κ2) is 44.4. The lowest BCUT2D eigenvalue weighted by molar-refractivity contribution is -0.140. The van der Waals surface area contributed by atoms with Gasteiger partial charge in [-0.05, 0) is 197 Å². The fourth-order valence-corrected chi connectivity index (χ4v) is 10.2. The van der Waals surface area contributed by atoms with E-state index in [1.165, 1.54) is 25.2 Å². The third-order valence-corrected chi connectivity index (χ3v) is 16.4. The number of amides is 6. The predicted molar refractivity (Wildman–Crippen MR) is 425 cm³/mol. The SMILES string of the molecule is COc1ccc(CNC(=O)Nc2ccc(C(=O)/C=C/c3ccc(N(C)CCC#N)cc3)cc2)cc1.COc1ccc(CNC(=O)Nc2ccc(C(=O)/C=C/c3ccc(N(C)CCOC(C)=O)cc3)cc2)cc1.COc1ccc(CNC(=O)Nc2ccc(C(=O)/C=C/c3ccc(N(CCO)CCO)cc3)cc2)cc1. The third-order valence-electron chi connectivity index (χ3n) is 16.4. The van der Waals surface area contributed by atoms with Gasteiger partial charge in [0, 0.05) is 111 Å². The first-order chi connectivity index (χ1) is 52.3. The smallest absolute Gasteiger partial charge is 0.319 e. The van der Waals surface area contributed by atoms with Crippen molar-refractivity contribution < 1.29 is 62.7 Å². The molecule has 0 fully saturated rings. The van der Waals surface area contributed by atoms with Crippen LogP contribution in [0, 0.1) is 11.3 Å². The Morgan fingerprint density at radius 3 is 0.972 bits per heavy atom. The molecule has 9 aromatic carbocycles. The van der Waals surface area contributed by atoms with Gasteiger partial charge >= 0.3 is 24.1 Å². The summed E-state index contributed by atoms with van der Waals surface area (Å²) < 4.78 is 20.3. The van der Waals surface area contributed by atoms with E-state index in [9.17, 15) is 43.8 Å². The molecule has 8 N–H and O–H groups in total. The number of nitrogens with zero attached hydrogens (tertiary/aromatic N) is 4. The van der Waals surface area contributed by atoms with Gasteiger partial charge in [-0.2, -0.15) is 5.26 Å². The Morgan fingerprint density at radius 2 is 0.694 bits per heavy atom. The summed E-state index contributed by atoms with van der Waals surface area (Å²) in [4.78, 5) is 90.9. The van der Waals surface area contributed by atoms with Crippen LogP contribution in [0.15, 0.2) is 237 Å². The van der Waals surface area contributed by atoms with Crippen molar-refractivity contribution in [2.75, 3.05) is 112 Å². The van der Waals surface area contributed by atoms with Crippen molar-refractivity contribution in [1.82, 2.24) is 16.0 Å². The van der Waals surface area contributed by atoms with Gasteiger partial charge in [0.05, 0.1) is 53.6 Å². The van der Waals surface area contributed by atoms with Crippen molar-refractivity contribution in [3.8, 4) is 23.3 Å². The Hall–Kier alpha value is -13.3. The zero-order chi connectivity index (χ0) is 77.4. The summed E-state index contributed by atoms with van der Waals surface area (Å²) in [6, 6.07) is 66.6.